The van der Waals surface area contributed by atoms with Crippen LogP contribution in [0.25, 0.3) is 10.2 Å². The lowest BCUT2D eigenvalue weighted by Gasteiger charge is -2.18. The maximum atomic E-state index is 12.5. The Morgan fingerprint density at radius 1 is 1.28 bits per heavy atom. The normalized spacial score (nSPS) is 15.2. The first-order valence-electron chi connectivity index (χ1n) is 9.04. The lowest BCUT2D eigenvalue weighted by atomic mass is 10.1. The molecule has 9 nitrogen and oxygen atoms in total. The summed E-state index contributed by atoms with van der Waals surface area (Å²) >= 11 is 1.39. The minimum absolute atomic E-state index is 0.0110. The number of hydrogen-bond acceptors (Lipinski definition) is 7. The highest BCUT2D eigenvalue weighted by Crippen LogP contribution is 2.31. The van der Waals surface area contributed by atoms with E-state index in [0.717, 1.165) is 16.0 Å². The van der Waals surface area contributed by atoms with Crippen LogP contribution in [-0.4, -0.2) is 35.0 Å². The van der Waals surface area contributed by atoms with Gasteiger partial charge in [0.15, 0.2) is 6.61 Å². The van der Waals surface area contributed by atoms with Gasteiger partial charge < -0.3 is 25.1 Å². The molecular weight excluding hydrogens is 396 g/mol. The molecule has 0 radical (unpaired) electrons. The summed E-state index contributed by atoms with van der Waals surface area (Å²) in [7, 11) is 0. The lowest BCUT2D eigenvalue weighted by molar-refractivity contribution is -0.118. The summed E-state index contributed by atoms with van der Waals surface area (Å²) in [4.78, 5) is 45.0. The second-order valence-electron chi connectivity index (χ2n) is 6.75. The number of amides is 2. The van der Waals surface area contributed by atoms with E-state index < -0.39 is 5.91 Å². The van der Waals surface area contributed by atoms with Crippen LogP contribution in [0.3, 0.4) is 0 Å². The minimum atomic E-state index is -0.482. The molecule has 0 saturated carbocycles. The molecule has 0 unspecified atom stereocenters. The van der Waals surface area contributed by atoms with Crippen LogP contribution in [0.5, 0.6) is 5.75 Å². The highest BCUT2D eigenvalue weighted by molar-refractivity contribution is 7.18. The van der Waals surface area contributed by atoms with Crippen molar-refractivity contribution in [2.45, 2.75) is 19.6 Å². The van der Waals surface area contributed by atoms with Crippen LogP contribution in [0.1, 0.15) is 26.6 Å². The van der Waals surface area contributed by atoms with Crippen LogP contribution < -0.4 is 20.9 Å². The number of thiophene rings is 1. The van der Waals surface area contributed by atoms with Gasteiger partial charge in [-0.2, -0.15) is 0 Å². The molecule has 29 heavy (non-hydrogen) atoms. The van der Waals surface area contributed by atoms with Crippen LogP contribution in [0.2, 0.25) is 0 Å². The Kier molecular flexibility index (Phi) is 4.29. The van der Waals surface area contributed by atoms with Gasteiger partial charge in [-0.25, -0.2) is 4.98 Å². The molecule has 10 heteroatoms. The second kappa shape index (κ2) is 6.98. The van der Waals surface area contributed by atoms with Crippen LogP contribution in [0.4, 0.5) is 5.69 Å². The summed E-state index contributed by atoms with van der Waals surface area (Å²) in [5.41, 5.74) is 1.99. The maximum Gasteiger partial charge on any atom is 0.287 e. The van der Waals surface area contributed by atoms with E-state index in [9.17, 15) is 14.4 Å². The topological polar surface area (TPSA) is 122 Å². The van der Waals surface area contributed by atoms with Gasteiger partial charge in [-0.15, -0.1) is 11.3 Å². The van der Waals surface area contributed by atoms with Crippen molar-refractivity contribution in [2.75, 3.05) is 18.5 Å². The largest absolute Gasteiger partial charge is 0.482 e. The Morgan fingerprint density at radius 3 is 3.07 bits per heavy atom. The zero-order chi connectivity index (χ0) is 20.0. The molecule has 0 fully saturated rings. The average Bonchev–Trinajstić information content (AvgIpc) is 3.10. The van der Waals surface area contributed by atoms with Gasteiger partial charge in [0, 0.05) is 11.4 Å². The Balaban J connectivity index is 1.36. The molecule has 0 saturated heterocycles. The smallest absolute Gasteiger partial charge is 0.287 e. The van der Waals surface area contributed by atoms with E-state index >= 15 is 0 Å². The lowest BCUT2D eigenvalue weighted by Crippen LogP contribution is -2.28. The quantitative estimate of drug-likeness (QED) is 0.596. The number of aromatic amines is 1. The molecule has 2 aromatic heterocycles. The molecule has 2 aliphatic heterocycles. The molecule has 3 aromatic rings. The number of nitrogens with one attached hydrogen (secondary N) is 3. The highest BCUT2D eigenvalue weighted by atomic mass is 32.1. The van der Waals surface area contributed by atoms with Gasteiger partial charge in [0.2, 0.25) is 5.82 Å². The third-order valence-electron chi connectivity index (χ3n) is 4.82. The Bertz CT molecular complexity index is 1220. The number of carbonyl (C=O) groups excluding carboxylic acids is 2. The summed E-state index contributed by atoms with van der Waals surface area (Å²) in [6.45, 7) is 1.24. The Hall–Kier alpha value is -3.24. The molecule has 0 bridgehead atoms. The zero-order valence-corrected chi connectivity index (χ0v) is 16.0. The first-order chi connectivity index (χ1) is 14.1. The molecule has 1 aromatic carbocycles. The van der Waals surface area contributed by atoms with Crippen LogP contribution in [-0.2, 0) is 29.1 Å². The van der Waals surface area contributed by atoms with E-state index in [0.29, 0.717) is 41.3 Å². The number of nitrogens with zero attached hydrogens (tertiary/aromatic N) is 1. The third-order valence-corrected chi connectivity index (χ3v) is 5.92. The summed E-state index contributed by atoms with van der Waals surface area (Å²) in [6.07, 6.45) is 0.671. The number of H-pyrrole nitrogens is 1. The number of ether oxygens (including phenoxy) is 2. The Morgan fingerprint density at radius 2 is 2.17 bits per heavy atom. The number of carbonyl (C=O) groups is 2. The van der Waals surface area contributed by atoms with Gasteiger partial charge in [-0.1, -0.05) is 6.07 Å². The van der Waals surface area contributed by atoms with E-state index in [4.69, 9.17) is 9.47 Å². The van der Waals surface area contributed by atoms with Gasteiger partial charge in [-0.3, -0.25) is 14.4 Å². The Labute approximate surface area is 168 Å². The van der Waals surface area contributed by atoms with Crippen LogP contribution >= 0.6 is 11.3 Å². The SMILES string of the molecule is O=C1COc2ccc(CNC(=O)c3nc4sc5c(c4c(=O)[nH]3)CCOC5)cc2N1. The molecule has 0 spiro atoms. The van der Waals surface area contributed by atoms with Crippen molar-refractivity contribution in [1.82, 2.24) is 15.3 Å². The van der Waals surface area contributed by atoms with Gasteiger partial charge in [0.1, 0.15) is 10.6 Å². The van der Waals surface area contributed by atoms with Crippen molar-refractivity contribution in [2.24, 2.45) is 0 Å². The number of rotatable bonds is 3. The van der Waals surface area contributed by atoms with Crippen LogP contribution in [0, 0.1) is 0 Å². The molecule has 0 atom stereocenters. The van der Waals surface area contributed by atoms with E-state index in [2.05, 4.69) is 20.6 Å². The van der Waals surface area contributed by atoms with Crippen molar-refractivity contribution in [1.29, 1.82) is 0 Å². The number of fused-ring (bicyclic) bond motifs is 4. The summed E-state index contributed by atoms with van der Waals surface area (Å²) < 4.78 is 10.8. The standard InChI is InChI=1S/C19H16N4O5S/c24-14-8-28-12-2-1-9(5-11(12)21-14)6-20-18(26)16-22-17(25)15-10-3-4-27-7-13(10)29-19(15)23-16/h1-2,5H,3-4,6-8H2,(H,20,26)(H,21,24)(H,22,23,25). The van der Waals surface area contributed by atoms with Gasteiger partial charge in [0.05, 0.1) is 24.3 Å². The average molecular weight is 412 g/mol. The van der Waals surface area contributed by atoms with Gasteiger partial charge in [0.25, 0.3) is 17.4 Å². The fraction of sp³-hybridized carbons (Fsp3) is 0.263. The first-order valence-corrected chi connectivity index (χ1v) is 9.86. The van der Waals surface area contributed by atoms with Crippen molar-refractivity contribution < 1.29 is 19.1 Å². The number of benzene rings is 1. The molecule has 4 heterocycles. The van der Waals surface area contributed by atoms with Gasteiger partial charge in [-0.05, 0) is 29.7 Å². The number of anilines is 1. The maximum absolute atomic E-state index is 12.5. The first kappa shape index (κ1) is 17.8. The fourth-order valence-corrected chi connectivity index (χ4v) is 4.60. The number of hydrogen-bond donors (Lipinski definition) is 3. The third kappa shape index (κ3) is 3.26. The van der Waals surface area contributed by atoms with Crippen molar-refractivity contribution >= 4 is 39.1 Å². The molecule has 2 aliphatic rings. The predicted molar refractivity (Wildman–Crippen MR) is 105 cm³/mol. The van der Waals surface area contributed by atoms with Gasteiger partial charge >= 0.3 is 0 Å². The van der Waals surface area contributed by atoms with Crippen molar-refractivity contribution in [3.8, 4) is 5.75 Å². The zero-order valence-electron chi connectivity index (χ0n) is 15.2. The van der Waals surface area contributed by atoms with Crippen molar-refractivity contribution in [3.63, 3.8) is 0 Å². The second-order valence-corrected chi connectivity index (χ2v) is 7.83. The molecular formula is C19H16N4O5S. The van der Waals surface area contributed by atoms with Crippen LogP contribution in [0.15, 0.2) is 23.0 Å². The molecule has 148 valence electrons. The summed E-state index contributed by atoms with van der Waals surface area (Å²) in [6, 6.07) is 5.27. The highest BCUT2D eigenvalue weighted by Gasteiger charge is 2.22. The predicted octanol–water partition coefficient (Wildman–Crippen LogP) is 1.32. The van der Waals surface area contributed by atoms with E-state index in [1.807, 2.05) is 0 Å². The molecule has 0 aliphatic carbocycles. The monoisotopic (exact) mass is 412 g/mol. The molecule has 3 N–H and O–H groups in total. The summed E-state index contributed by atoms with van der Waals surface area (Å²) in [5.74, 6) is -0.152. The minimum Gasteiger partial charge on any atom is -0.482 e. The van der Waals surface area contributed by atoms with E-state index in [1.165, 1.54) is 11.3 Å². The van der Waals surface area contributed by atoms with E-state index in [-0.39, 0.29) is 30.4 Å². The van der Waals surface area contributed by atoms with Crippen molar-refractivity contribution in [3.05, 3.63) is 50.4 Å². The fourth-order valence-electron chi connectivity index (χ4n) is 3.44. The summed E-state index contributed by atoms with van der Waals surface area (Å²) in [5, 5.41) is 6.02. The molecule has 5 rings (SSSR count). The molecule has 2 amide bonds. The number of aromatic nitrogens is 2. The van der Waals surface area contributed by atoms with E-state index in [1.54, 1.807) is 18.2 Å².